The summed E-state index contributed by atoms with van der Waals surface area (Å²) in [5.41, 5.74) is 3.97. The molecule has 2 aliphatic rings. The van der Waals surface area contributed by atoms with Crippen molar-refractivity contribution in [3.8, 4) is 5.75 Å². The van der Waals surface area contributed by atoms with Crippen LogP contribution in [0, 0.1) is 0 Å². The van der Waals surface area contributed by atoms with Crippen molar-refractivity contribution in [2.75, 3.05) is 25.2 Å². The molecule has 0 aliphatic carbocycles. The fourth-order valence-electron chi connectivity index (χ4n) is 3.61. The van der Waals surface area contributed by atoms with Crippen molar-refractivity contribution < 1.29 is 18.3 Å². The average molecular weight is 377 g/mol. The Morgan fingerprint density at radius 2 is 2.15 bits per heavy atom. The highest BCUT2D eigenvalue weighted by atomic mass is 32.2. The van der Waals surface area contributed by atoms with Crippen molar-refractivity contribution >= 4 is 9.84 Å². The Labute approximate surface area is 153 Å². The smallest absolute Gasteiger partial charge is 0.150 e. The third-order valence-electron chi connectivity index (χ3n) is 4.86. The molecule has 1 unspecified atom stereocenters. The first-order valence-corrected chi connectivity index (χ1v) is 10.8. The number of hydrogen-bond donors (Lipinski definition) is 1. The van der Waals surface area contributed by atoms with Crippen LogP contribution in [0.15, 0.2) is 24.3 Å². The maximum Gasteiger partial charge on any atom is 0.150 e. The standard InChI is InChI=1S/C18H23N3O4S/c1-26(23,24)12-17(22)16-9-15-11-20(5-6-21(15)19-16)10-13-2-3-18-14(8-13)4-7-25-18/h2-3,8-9,17,22H,4-7,10-12H2,1H3. The zero-order chi connectivity index (χ0) is 18.3. The summed E-state index contributed by atoms with van der Waals surface area (Å²) < 4.78 is 30.2. The Kier molecular flexibility index (Phi) is 4.50. The Morgan fingerprint density at radius 1 is 1.31 bits per heavy atom. The SMILES string of the molecule is CS(=O)(=O)CC(O)c1cc2n(n1)CCN(Cc1ccc3c(c1)CCO3)C2. The average Bonchev–Trinajstić information content (AvgIpc) is 3.18. The minimum Gasteiger partial charge on any atom is -0.493 e. The lowest BCUT2D eigenvalue weighted by Crippen LogP contribution is -2.33. The third-order valence-corrected chi connectivity index (χ3v) is 5.78. The van der Waals surface area contributed by atoms with Crippen LogP contribution in [0.3, 0.4) is 0 Å². The van der Waals surface area contributed by atoms with Gasteiger partial charge in [0.1, 0.15) is 21.7 Å². The lowest BCUT2D eigenvalue weighted by atomic mass is 10.1. The summed E-state index contributed by atoms with van der Waals surface area (Å²) in [5, 5.41) is 14.5. The fraction of sp³-hybridized carbons (Fsp3) is 0.500. The maximum absolute atomic E-state index is 11.4. The van der Waals surface area contributed by atoms with E-state index in [0.717, 1.165) is 56.9 Å². The lowest BCUT2D eigenvalue weighted by molar-refractivity contribution is 0.191. The van der Waals surface area contributed by atoms with E-state index in [2.05, 4.69) is 22.1 Å². The normalized spacial score (nSPS) is 18.2. The number of hydrogen-bond acceptors (Lipinski definition) is 6. The number of aromatic nitrogens is 2. The van der Waals surface area contributed by atoms with Crippen molar-refractivity contribution in [3.05, 3.63) is 46.8 Å². The van der Waals surface area contributed by atoms with Gasteiger partial charge in [-0.3, -0.25) is 9.58 Å². The Morgan fingerprint density at radius 3 is 2.96 bits per heavy atom. The van der Waals surface area contributed by atoms with Crippen molar-refractivity contribution in [1.82, 2.24) is 14.7 Å². The highest BCUT2D eigenvalue weighted by molar-refractivity contribution is 7.90. The van der Waals surface area contributed by atoms with Gasteiger partial charge in [0.2, 0.25) is 0 Å². The number of aliphatic hydroxyl groups excluding tert-OH is 1. The van der Waals surface area contributed by atoms with Crippen LogP contribution < -0.4 is 4.74 Å². The molecule has 140 valence electrons. The molecule has 0 bridgehead atoms. The lowest BCUT2D eigenvalue weighted by Gasteiger charge is -2.27. The van der Waals surface area contributed by atoms with Crippen LogP contribution in [0.5, 0.6) is 5.75 Å². The first-order chi connectivity index (χ1) is 12.4. The number of ether oxygens (including phenoxy) is 1. The monoisotopic (exact) mass is 377 g/mol. The Balaban J connectivity index is 1.44. The molecule has 8 heteroatoms. The van der Waals surface area contributed by atoms with E-state index in [1.54, 1.807) is 0 Å². The van der Waals surface area contributed by atoms with Gasteiger partial charge >= 0.3 is 0 Å². The van der Waals surface area contributed by atoms with Crippen LogP contribution in [0.2, 0.25) is 0 Å². The number of fused-ring (bicyclic) bond motifs is 2. The molecule has 2 aliphatic heterocycles. The number of benzene rings is 1. The fourth-order valence-corrected chi connectivity index (χ4v) is 4.35. The topological polar surface area (TPSA) is 84.7 Å². The van der Waals surface area contributed by atoms with Crippen LogP contribution in [0.25, 0.3) is 0 Å². The van der Waals surface area contributed by atoms with Gasteiger partial charge in [0, 0.05) is 32.3 Å². The molecule has 7 nitrogen and oxygen atoms in total. The van der Waals surface area contributed by atoms with E-state index in [9.17, 15) is 13.5 Å². The molecule has 1 aromatic heterocycles. The van der Waals surface area contributed by atoms with Gasteiger partial charge in [-0.05, 0) is 23.3 Å². The summed E-state index contributed by atoms with van der Waals surface area (Å²) in [6.07, 6.45) is 1.01. The first kappa shape index (κ1) is 17.5. The van der Waals surface area contributed by atoms with E-state index in [-0.39, 0.29) is 5.75 Å². The molecule has 0 saturated heterocycles. The highest BCUT2D eigenvalue weighted by Gasteiger charge is 2.23. The summed E-state index contributed by atoms with van der Waals surface area (Å²) in [6, 6.07) is 8.19. The van der Waals surface area contributed by atoms with Crippen LogP contribution in [0.1, 0.15) is 28.6 Å². The van der Waals surface area contributed by atoms with E-state index >= 15 is 0 Å². The molecule has 1 atom stereocenters. The van der Waals surface area contributed by atoms with E-state index in [1.165, 1.54) is 11.1 Å². The second-order valence-electron chi connectivity index (χ2n) is 7.14. The molecule has 0 fully saturated rings. The quantitative estimate of drug-likeness (QED) is 0.834. The minimum atomic E-state index is -3.25. The molecule has 0 radical (unpaired) electrons. The van der Waals surface area contributed by atoms with Crippen LogP contribution in [-0.2, 0) is 35.9 Å². The summed E-state index contributed by atoms with van der Waals surface area (Å²) in [6.45, 7) is 3.94. The van der Waals surface area contributed by atoms with Gasteiger partial charge in [0.05, 0.1) is 30.3 Å². The predicted molar refractivity (Wildman–Crippen MR) is 96.7 cm³/mol. The van der Waals surface area contributed by atoms with Gasteiger partial charge < -0.3 is 9.84 Å². The summed E-state index contributed by atoms with van der Waals surface area (Å²) >= 11 is 0. The van der Waals surface area contributed by atoms with E-state index in [4.69, 9.17) is 4.74 Å². The van der Waals surface area contributed by atoms with E-state index in [1.807, 2.05) is 16.8 Å². The predicted octanol–water partition coefficient (Wildman–Crippen LogP) is 0.912. The molecule has 0 spiro atoms. The summed E-state index contributed by atoms with van der Waals surface area (Å²) in [5.74, 6) is 0.694. The second kappa shape index (κ2) is 6.68. The third kappa shape index (κ3) is 3.77. The van der Waals surface area contributed by atoms with Gasteiger partial charge in [-0.25, -0.2) is 8.42 Å². The van der Waals surface area contributed by atoms with Crippen molar-refractivity contribution in [2.45, 2.75) is 32.2 Å². The summed E-state index contributed by atoms with van der Waals surface area (Å²) in [4.78, 5) is 2.33. The molecule has 26 heavy (non-hydrogen) atoms. The minimum absolute atomic E-state index is 0.301. The number of nitrogens with zero attached hydrogens (tertiary/aromatic N) is 3. The van der Waals surface area contributed by atoms with E-state index < -0.39 is 15.9 Å². The zero-order valence-electron chi connectivity index (χ0n) is 14.8. The van der Waals surface area contributed by atoms with Crippen LogP contribution >= 0.6 is 0 Å². The Hall–Kier alpha value is -1.90. The number of aliphatic hydroxyl groups is 1. The first-order valence-electron chi connectivity index (χ1n) is 8.77. The summed E-state index contributed by atoms with van der Waals surface area (Å²) in [7, 11) is -3.25. The van der Waals surface area contributed by atoms with E-state index in [0.29, 0.717) is 5.69 Å². The van der Waals surface area contributed by atoms with Crippen LogP contribution in [-0.4, -0.2) is 53.4 Å². The van der Waals surface area contributed by atoms with Gasteiger partial charge in [-0.15, -0.1) is 0 Å². The molecular formula is C18H23N3O4S. The van der Waals surface area contributed by atoms with Gasteiger partial charge in [-0.2, -0.15) is 5.10 Å². The van der Waals surface area contributed by atoms with Gasteiger partial charge in [0.15, 0.2) is 0 Å². The molecule has 3 heterocycles. The largest absolute Gasteiger partial charge is 0.493 e. The van der Waals surface area contributed by atoms with Gasteiger partial charge in [0.25, 0.3) is 0 Å². The van der Waals surface area contributed by atoms with Crippen LogP contribution in [0.4, 0.5) is 0 Å². The molecule has 1 aromatic carbocycles. The molecule has 0 saturated carbocycles. The zero-order valence-corrected chi connectivity index (χ0v) is 15.6. The molecular weight excluding hydrogens is 354 g/mol. The molecule has 2 aromatic rings. The Bertz CT molecular complexity index is 923. The van der Waals surface area contributed by atoms with Crippen molar-refractivity contribution in [1.29, 1.82) is 0 Å². The second-order valence-corrected chi connectivity index (χ2v) is 9.33. The molecule has 1 N–H and O–H groups in total. The molecule has 0 amide bonds. The van der Waals surface area contributed by atoms with Crippen molar-refractivity contribution in [3.63, 3.8) is 0 Å². The maximum atomic E-state index is 11.4. The number of sulfone groups is 1. The van der Waals surface area contributed by atoms with Crippen molar-refractivity contribution in [2.24, 2.45) is 0 Å². The highest BCUT2D eigenvalue weighted by Crippen LogP contribution is 2.27. The molecule has 4 rings (SSSR count). The van der Waals surface area contributed by atoms with Gasteiger partial charge in [-0.1, -0.05) is 12.1 Å². The number of rotatable bonds is 5.